The molecule has 5 rings (SSSR count). The minimum Gasteiger partial charge on any atom is -0.492 e. The molecule has 3 heterocycles. The molecule has 2 aliphatic rings. The highest BCUT2D eigenvalue weighted by Crippen LogP contribution is 2.34. The van der Waals surface area contributed by atoms with Crippen molar-refractivity contribution in [1.82, 2.24) is 14.9 Å². The Hall–Kier alpha value is -4.69. The number of aliphatic imine (C=N–C) groups is 1. The Morgan fingerprint density at radius 3 is 2.63 bits per heavy atom. The molecule has 2 aromatic carbocycles. The van der Waals surface area contributed by atoms with Crippen molar-refractivity contribution in [1.29, 1.82) is 0 Å². The van der Waals surface area contributed by atoms with Crippen LogP contribution in [0.5, 0.6) is 5.75 Å². The fraction of sp³-hybridized carbons (Fsp3) is 0.375. The van der Waals surface area contributed by atoms with E-state index in [2.05, 4.69) is 37.1 Å². The maximum Gasteiger partial charge on any atom is 0.416 e. The van der Waals surface area contributed by atoms with Gasteiger partial charge < -0.3 is 30.7 Å². The van der Waals surface area contributed by atoms with E-state index in [1.54, 1.807) is 25.3 Å². The van der Waals surface area contributed by atoms with Crippen molar-refractivity contribution in [3.8, 4) is 5.75 Å². The zero-order valence-corrected chi connectivity index (χ0v) is 25.6. The van der Waals surface area contributed by atoms with Crippen LogP contribution in [0.1, 0.15) is 40.0 Å². The summed E-state index contributed by atoms with van der Waals surface area (Å²) in [6.07, 6.45) is 0.634. The molecule has 11 nitrogen and oxygen atoms in total. The molecule has 2 aliphatic heterocycles. The number of ether oxygens (including phenoxy) is 2. The van der Waals surface area contributed by atoms with Gasteiger partial charge in [-0.2, -0.15) is 13.2 Å². The topological polar surface area (TPSA) is 130 Å². The van der Waals surface area contributed by atoms with Crippen molar-refractivity contribution in [3.05, 3.63) is 77.8 Å². The van der Waals surface area contributed by atoms with Crippen molar-refractivity contribution in [2.45, 2.75) is 25.9 Å². The number of halogens is 3. The SMILES string of the molecule is C=CNc1cnc(N2CCOCC2)nc1C(N)=Nc1cc(C(=O)Nc2cc(OCCN3CCCC3)cc(C(F)(F)F)c2)ccc1C. The smallest absolute Gasteiger partial charge is 0.416 e. The Morgan fingerprint density at radius 1 is 1.15 bits per heavy atom. The predicted molar refractivity (Wildman–Crippen MR) is 171 cm³/mol. The minimum atomic E-state index is -4.63. The summed E-state index contributed by atoms with van der Waals surface area (Å²) in [4.78, 5) is 31.1. The summed E-state index contributed by atoms with van der Waals surface area (Å²) in [6.45, 7) is 10.6. The second-order valence-electron chi connectivity index (χ2n) is 11.0. The Bertz CT molecular complexity index is 1590. The van der Waals surface area contributed by atoms with Gasteiger partial charge in [0.1, 0.15) is 18.1 Å². The molecule has 0 unspecified atom stereocenters. The van der Waals surface area contributed by atoms with Crippen molar-refractivity contribution in [3.63, 3.8) is 0 Å². The first-order valence-corrected chi connectivity index (χ1v) is 15.0. The molecule has 1 amide bonds. The van der Waals surface area contributed by atoms with Gasteiger partial charge in [0.15, 0.2) is 5.84 Å². The highest BCUT2D eigenvalue weighted by atomic mass is 19.4. The molecule has 0 radical (unpaired) electrons. The van der Waals surface area contributed by atoms with E-state index >= 15 is 0 Å². The van der Waals surface area contributed by atoms with Crippen LogP contribution >= 0.6 is 0 Å². The number of nitrogens with two attached hydrogens (primary N) is 1. The summed E-state index contributed by atoms with van der Waals surface area (Å²) in [6, 6.07) is 7.97. The summed E-state index contributed by atoms with van der Waals surface area (Å²) in [5.74, 6) is -0.0635. The monoisotopic (exact) mass is 638 g/mol. The van der Waals surface area contributed by atoms with E-state index < -0.39 is 17.6 Å². The fourth-order valence-electron chi connectivity index (χ4n) is 5.17. The van der Waals surface area contributed by atoms with Crippen LogP contribution in [0.4, 0.5) is 36.2 Å². The second-order valence-corrected chi connectivity index (χ2v) is 11.0. The van der Waals surface area contributed by atoms with Gasteiger partial charge in [-0.05, 0) is 68.9 Å². The van der Waals surface area contributed by atoms with Crippen LogP contribution in [0, 0.1) is 6.92 Å². The van der Waals surface area contributed by atoms with Crippen LogP contribution in [-0.2, 0) is 10.9 Å². The number of nitrogens with zero attached hydrogens (tertiary/aromatic N) is 5. The normalized spacial score (nSPS) is 15.9. The Morgan fingerprint density at radius 2 is 1.91 bits per heavy atom. The van der Waals surface area contributed by atoms with Crippen LogP contribution in [0.25, 0.3) is 0 Å². The quantitative estimate of drug-likeness (QED) is 0.197. The van der Waals surface area contributed by atoms with Crippen LogP contribution < -0.4 is 26.0 Å². The predicted octanol–water partition coefficient (Wildman–Crippen LogP) is 4.96. The summed E-state index contributed by atoms with van der Waals surface area (Å²) in [7, 11) is 0. The number of amidine groups is 1. The molecule has 2 fully saturated rings. The molecule has 4 N–H and O–H groups in total. The maximum atomic E-state index is 13.7. The summed E-state index contributed by atoms with van der Waals surface area (Å²) in [5.41, 5.74) is 7.58. The van der Waals surface area contributed by atoms with Crippen LogP contribution in [0.2, 0.25) is 0 Å². The average molecular weight is 639 g/mol. The van der Waals surface area contributed by atoms with Gasteiger partial charge in [0, 0.05) is 37.0 Å². The number of anilines is 3. The Balaban J connectivity index is 1.37. The molecule has 14 heteroatoms. The second kappa shape index (κ2) is 14.6. The third-order valence-corrected chi connectivity index (χ3v) is 7.65. The number of hydrogen-bond acceptors (Lipinski definition) is 9. The van der Waals surface area contributed by atoms with Crippen LogP contribution in [-0.4, -0.2) is 79.2 Å². The van der Waals surface area contributed by atoms with Gasteiger partial charge in [0.05, 0.1) is 36.3 Å². The fourth-order valence-corrected chi connectivity index (χ4v) is 5.17. The number of likely N-dealkylation sites (tertiary alicyclic amines) is 1. The number of nitrogens with one attached hydrogen (secondary N) is 2. The van der Waals surface area contributed by atoms with Gasteiger partial charge in [-0.1, -0.05) is 12.6 Å². The lowest BCUT2D eigenvalue weighted by molar-refractivity contribution is -0.137. The zero-order valence-electron chi connectivity index (χ0n) is 25.6. The average Bonchev–Trinajstić information content (AvgIpc) is 3.56. The third-order valence-electron chi connectivity index (χ3n) is 7.65. The zero-order chi connectivity index (χ0) is 32.7. The van der Waals surface area contributed by atoms with Gasteiger partial charge in [-0.15, -0.1) is 0 Å². The summed E-state index contributed by atoms with van der Waals surface area (Å²) in [5, 5.41) is 5.55. The minimum absolute atomic E-state index is 0.0246. The summed E-state index contributed by atoms with van der Waals surface area (Å²) >= 11 is 0. The molecular formula is C32H37F3N8O3. The number of alkyl halides is 3. The standard InChI is InChI=1S/C32H37F3N8O3/c1-3-37-27-20-38-31(43-11-13-45-14-12-43)41-28(27)29(36)40-26-16-22(7-6-21(26)2)30(44)39-24-17-23(32(33,34)35)18-25(19-24)46-15-10-42-8-4-5-9-42/h3,6-7,16-20,37H,1,4-5,8-15H2,2H3,(H2,36,40)(H,39,44). The van der Waals surface area contributed by atoms with Gasteiger partial charge in [-0.25, -0.2) is 15.0 Å². The van der Waals surface area contributed by atoms with Gasteiger partial charge in [0.2, 0.25) is 5.95 Å². The Labute approximate surface area is 265 Å². The maximum absolute atomic E-state index is 13.7. The van der Waals surface area contributed by atoms with Crippen LogP contribution in [0.15, 0.2) is 60.4 Å². The molecule has 2 saturated heterocycles. The van der Waals surface area contributed by atoms with Crippen molar-refractivity contribution in [2.75, 3.05) is 68.1 Å². The largest absolute Gasteiger partial charge is 0.492 e. The highest BCUT2D eigenvalue weighted by Gasteiger charge is 2.32. The van der Waals surface area contributed by atoms with E-state index in [9.17, 15) is 18.0 Å². The van der Waals surface area contributed by atoms with E-state index in [1.807, 2.05) is 4.90 Å². The molecule has 0 atom stereocenters. The number of carbonyl (C=O) groups excluding carboxylic acids is 1. The number of aromatic nitrogens is 2. The number of benzene rings is 2. The third kappa shape index (κ3) is 8.31. The molecule has 1 aromatic heterocycles. The van der Waals surface area contributed by atoms with Crippen molar-refractivity contribution >= 4 is 34.8 Å². The lowest BCUT2D eigenvalue weighted by atomic mass is 10.1. The Kier molecular flexibility index (Phi) is 10.4. The molecule has 0 spiro atoms. The molecule has 0 aliphatic carbocycles. The number of carbonyl (C=O) groups is 1. The molecule has 0 bridgehead atoms. The van der Waals surface area contributed by atoms with E-state index in [1.165, 1.54) is 18.3 Å². The number of morpholine rings is 1. The lowest BCUT2D eigenvalue weighted by Crippen LogP contribution is -2.37. The molecule has 46 heavy (non-hydrogen) atoms. The highest BCUT2D eigenvalue weighted by molar-refractivity contribution is 6.06. The van der Waals surface area contributed by atoms with Crippen molar-refractivity contribution < 1.29 is 27.4 Å². The van der Waals surface area contributed by atoms with Gasteiger partial charge in [0.25, 0.3) is 5.91 Å². The lowest BCUT2D eigenvalue weighted by Gasteiger charge is -2.27. The molecular weight excluding hydrogens is 601 g/mol. The van der Waals surface area contributed by atoms with Gasteiger partial charge >= 0.3 is 6.18 Å². The van der Waals surface area contributed by atoms with E-state index in [-0.39, 0.29) is 29.4 Å². The first kappa shape index (κ1) is 32.7. The molecule has 0 saturated carbocycles. The first-order chi connectivity index (χ1) is 22.1. The molecule has 3 aromatic rings. The number of hydrogen-bond donors (Lipinski definition) is 3. The van der Waals surface area contributed by atoms with Gasteiger partial charge in [-0.3, -0.25) is 9.69 Å². The van der Waals surface area contributed by atoms with E-state index in [4.69, 9.17) is 15.2 Å². The number of aryl methyl sites for hydroxylation is 1. The van der Waals surface area contributed by atoms with E-state index in [0.717, 1.165) is 38.1 Å². The summed E-state index contributed by atoms with van der Waals surface area (Å²) < 4.78 is 52.2. The molecule has 244 valence electrons. The van der Waals surface area contributed by atoms with E-state index in [0.29, 0.717) is 61.4 Å². The first-order valence-electron chi connectivity index (χ1n) is 15.0. The number of rotatable bonds is 11. The number of amides is 1. The van der Waals surface area contributed by atoms with Crippen LogP contribution in [0.3, 0.4) is 0 Å². The van der Waals surface area contributed by atoms with Crippen molar-refractivity contribution in [2.24, 2.45) is 10.7 Å².